The number of phenols is 1. The molecular formula is C21H26O2. The summed E-state index contributed by atoms with van der Waals surface area (Å²) in [5, 5.41) is 20.8. The van der Waals surface area contributed by atoms with Gasteiger partial charge in [0.05, 0.1) is 6.10 Å². The monoisotopic (exact) mass is 310 g/mol. The molecule has 2 saturated carbocycles. The molecule has 2 bridgehead atoms. The molecule has 1 aromatic carbocycles. The Labute approximate surface area is 138 Å². The molecule has 6 atom stereocenters. The Morgan fingerprint density at radius 2 is 2.00 bits per heavy atom. The highest BCUT2D eigenvalue weighted by molar-refractivity contribution is 5.42. The Balaban J connectivity index is 1.64. The summed E-state index contributed by atoms with van der Waals surface area (Å²) in [7, 11) is 0. The maximum Gasteiger partial charge on any atom is 0.115 e. The maximum absolute atomic E-state index is 11.0. The number of aromatic hydroxyl groups is 1. The van der Waals surface area contributed by atoms with E-state index in [0.29, 0.717) is 23.5 Å². The normalized spacial score (nSPS) is 46.9. The molecule has 0 saturated heterocycles. The first-order chi connectivity index (χ1) is 11.1. The van der Waals surface area contributed by atoms with Crippen molar-refractivity contribution in [2.24, 2.45) is 22.7 Å². The van der Waals surface area contributed by atoms with Crippen molar-refractivity contribution in [3.05, 3.63) is 41.5 Å². The van der Waals surface area contributed by atoms with Gasteiger partial charge in [-0.05, 0) is 79.0 Å². The second kappa shape index (κ2) is 4.42. The Hall–Kier alpha value is -1.28. The van der Waals surface area contributed by atoms with Crippen molar-refractivity contribution >= 4 is 0 Å². The average Bonchev–Trinajstić information content (AvgIpc) is 2.57. The van der Waals surface area contributed by atoms with Gasteiger partial charge >= 0.3 is 0 Å². The van der Waals surface area contributed by atoms with Crippen molar-refractivity contribution in [3.63, 3.8) is 0 Å². The molecule has 2 nitrogen and oxygen atoms in total. The molecule has 23 heavy (non-hydrogen) atoms. The van der Waals surface area contributed by atoms with E-state index >= 15 is 0 Å². The quantitative estimate of drug-likeness (QED) is 0.706. The highest BCUT2D eigenvalue weighted by Crippen LogP contribution is 2.70. The third-order valence-corrected chi connectivity index (χ3v) is 8.03. The number of hydrogen-bond donors (Lipinski definition) is 2. The number of hydrogen-bond acceptors (Lipinski definition) is 2. The lowest BCUT2D eigenvalue weighted by atomic mass is 9.39. The number of aryl methyl sites for hydroxylation is 1. The molecule has 0 aromatic heterocycles. The lowest BCUT2D eigenvalue weighted by Gasteiger charge is -2.66. The number of rotatable bonds is 0. The summed E-state index contributed by atoms with van der Waals surface area (Å²) >= 11 is 0. The predicted molar refractivity (Wildman–Crippen MR) is 90.3 cm³/mol. The van der Waals surface area contributed by atoms with E-state index in [4.69, 9.17) is 0 Å². The van der Waals surface area contributed by atoms with Gasteiger partial charge in [-0.3, -0.25) is 0 Å². The zero-order chi connectivity index (χ0) is 15.8. The van der Waals surface area contributed by atoms with Crippen LogP contribution in [0.4, 0.5) is 0 Å². The third-order valence-electron chi connectivity index (χ3n) is 8.03. The summed E-state index contributed by atoms with van der Waals surface area (Å²) in [4.78, 5) is 0. The average molecular weight is 310 g/mol. The van der Waals surface area contributed by atoms with Crippen LogP contribution < -0.4 is 0 Å². The van der Waals surface area contributed by atoms with Crippen LogP contribution >= 0.6 is 0 Å². The molecule has 5 aliphatic rings. The van der Waals surface area contributed by atoms with Gasteiger partial charge in [-0.15, -0.1) is 0 Å². The van der Waals surface area contributed by atoms with Crippen LogP contribution in [0.3, 0.4) is 0 Å². The molecule has 1 spiro atoms. The van der Waals surface area contributed by atoms with Gasteiger partial charge < -0.3 is 10.2 Å². The van der Waals surface area contributed by atoms with Crippen LogP contribution in [0.5, 0.6) is 5.75 Å². The highest BCUT2D eigenvalue weighted by atomic mass is 16.3. The molecule has 2 heteroatoms. The zero-order valence-electron chi connectivity index (χ0n) is 13.8. The largest absolute Gasteiger partial charge is 0.508 e. The van der Waals surface area contributed by atoms with Crippen LogP contribution in [0.2, 0.25) is 0 Å². The number of benzene rings is 1. The molecule has 0 unspecified atom stereocenters. The van der Waals surface area contributed by atoms with Crippen molar-refractivity contribution in [1.82, 2.24) is 0 Å². The van der Waals surface area contributed by atoms with Gasteiger partial charge in [0.2, 0.25) is 0 Å². The zero-order valence-corrected chi connectivity index (χ0v) is 13.8. The van der Waals surface area contributed by atoms with Gasteiger partial charge in [0.15, 0.2) is 0 Å². The minimum atomic E-state index is -0.164. The summed E-state index contributed by atoms with van der Waals surface area (Å²) in [5.74, 6) is 2.02. The van der Waals surface area contributed by atoms with Crippen LogP contribution in [-0.2, 0) is 6.42 Å². The Bertz CT molecular complexity index is 693. The van der Waals surface area contributed by atoms with Crippen molar-refractivity contribution in [1.29, 1.82) is 0 Å². The second-order valence-electron chi connectivity index (χ2n) is 8.64. The maximum atomic E-state index is 11.0. The predicted octanol–water partition coefficient (Wildman–Crippen LogP) is 4.17. The summed E-state index contributed by atoms with van der Waals surface area (Å²) in [6.07, 6.45) is 11.6. The summed E-state index contributed by atoms with van der Waals surface area (Å²) in [6, 6.07) is 5.99. The first kappa shape index (κ1) is 14.1. The lowest BCUT2D eigenvalue weighted by Crippen LogP contribution is -2.62. The van der Waals surface area contributed by atoms with Crippen molar-refractivity contribution in [3.8, 4) is 5.75 Å². The molecule has 2 N–H and O–H groups in total. The summed E-state index contributed by atoms with van der Waals surface area (Å²) < 4.78 is 0. The Kier molecular flexibility index (Phi) is 2.71. The van der Waals surface area contributed by atoms with Gasteiger partial charge in [-0.2, -0.15) is 0 Å². The topological polar surface area (TPSA) is 40.5 Å². The summed E-state index contributed by atoms with van der Waals surface area (Å²) in [5.41, 5.74) is 3.05. The molecule has 5 aliphatic carbocycles. The van der Waals surface area contributed by atoms with Crippen LogP contribution in [0, 0.1) is 22.7 Å². The van der Waals surface area contributed by atoms with E-state index in [1.54, 1.807) is 0 Å². The van der Waals surface area contributed by atoms with Crippen molar-refractivity contribution in [2.45, 2.75) is 57.5 Å². The molecule has 0 aliphatic heterocycles. The third kappa shape index (κ3) is 1.58. The fourth-order valence-electron chi connectivity index (χ4n) is 6.81. The smallest absolute Gasteiger partial charge is 0.115 e. The Morgan fingerprint density at radius 1 is 1.13 bits per heavy atom. The van der Waals surface area contributed by atoms with E-state index in [1.807, 2.05) is 12.1 Å². The molecule has 1 aromatic rings. The van der Waals surface area contributed by atoms with Crippen LogP contribution in [0.15, 0.2) is 30.4 Å². The van der Waals surface area contributed by atoms with E-state index in [-0.39, 0.29) is 16.9 Å². The van der Waals surface area contributed by atoms with Crippen LogP contribution in [0.1, 0.15) is 56.1 Å². The van der Waals surface area contributed by atoms with E-state index < -0.39 is 0 Å². The Morgan fingerprint density at radius 3 is 2.78 bits per heavy atom. The molecule has 0 amide bonds. The van der Waals surface area contributed by atoms with Crippen molar-refractivity contribution < 1.29 is 10.2 Å². The van der Waals surface area contributed by atoms with E-state index in [1.165, 1.54) is 30.4 Å². The first-order valence-electron chi connectivity index (χ1n) is 9.24. The molecule has 0 heterocycles. The second-order valence-corrected chi connectivity index (χ2v) is 8.64. The van der Waals surface area contributed by atoms with Crippen LogP contribution in [0.25, 0.3) is 0 Å². The molecule has 2 fully saturated rings. The van der Waals surface area contributed by atoms with E-state index in [9.17, 15) is 10.2 Å². The molecule has 6 rings (SSSR count). The van der Waals surface area contributed by atoms with Gasteiger partial charge in [0.25, 0.3) is 0 Å². The van der Waals surface area contributed by atoms with Gasteiger partial charge in [-0.25, -0.2) is 0 Å². The highest BCUT2D eigenvalue weighted by Gasteiger charge is 2.64. The molecule has 0 radical (unpaired) electrons. The van der Waals surface area contributed by atoms with Gasteiger partial charge in [-0.1, -0.05) is 25.1 Å². The minimum absolute atomic E-state index is 0.0558. The molecular weight excluding hydrogens is 284 g/mol. The number of aliphatic hydroxyl groups is 1. The molecule has 122 valence electrons. The number of allylic oxidation sites excluding steroid dienone is 1. The fourth-order valence-corrected chi connectivity index (χ4v) is 6.81. The standard InChI is InChI=1S/C21H26O2/c1-20-9-8-17-16-4-3-15(22)12-14(16)2-5-18(17)21(20)10-6-13(7-11-21)19(20)23/h3-4,6,10,12-13,17-19,22-23H,2,5,7-9,11H2,1H3/t13-,17-,18-,19+,20-,21+/m1/s1. The number of aliphatic hydroxyl groups excluding tert-OH is 1. The number of phenolic OH excluding ortho intramolecular Hbond substituents is 1. The number of fused-ring (bicyclic) bond motifs is 4. The van der Waals surface area contributed by atoms with Gasteiger partial charge in [0.1, 0.15) is 5.75 Å². The van der Waals surface area contributed by atoms with E-state index in [0.717, 1.165) is 19.3 Å². The first-order valence-corrected chi connectivity index (χ1v) is 9.24. The van der Waals surface area contributed by atoms with Crippen molar-refractivity contribution in [2.75, 3.05) is 0 Å². The lowest BCUT2D eigenvalue weighted by molar-refractivity contribution is -0.166. The van der Waals surface area contributed by atoms with Crippen LogP contribution in [-0.4, -0.2) is 16.3 Å². The fraction of sp³-hybridized carbons (Fsp3) is 0.619. The minimum Gasteiger partial charge on any atom is -0.508 e. The van der Waals surface area contributed by atoms with Gasteiger partial charge in [0, 0.05) is 11.3 Å². The summed E-state index contributed by atoms with van der Waals surface area (Å²) in [6.45, 7) is 2.36. The van der Waals surface area contributed by atoms with E-state index in [2.05, 4.69) is 25.1 Å². The SMILES string of the molecule is C[C@]12CC[C@@H]3c4ccc(O)cc4CC[C@H]3[C@@]13C=C[C@H](CC3)[C@@H]2O.